The molecular weight excluding hydrogens is 282 g/mol. The third kappa shape index (κ3) is 5.16. The lowest BCUT2D eigenvalue weighted by atomic mass is 10.0. The summed E-state index contributed by atoms with van der Waals surface area (Å²) in [6.07, 6.45) is 14.9. The number of benzene rings is 1. The van der Waals surface area contributed by atoms with Crippen LogP contribution in [0, 0.1) is 0 Å². The van der Waals surface area contributed by atoms with Gasteiger partial charge in [0.25, 0.3) is 0 Å². The highest BCUT2D eigenvalue weighted by molar-refractivity contribution is 5.40. The van der Waals surface area contributed by atoms with E-state index in [1.807, 2.05) is 12.1 Å². The van der Waals surface area contributed by atoms with Crippen LogP contribution in [0.25, 0.3) is 5.69 Å². The number of hydrogen-bond acceptors (Lipinski definition) is 1. The molecule has 2 rings (SSSR count). The zero-order valence-corrected chi connectivity index (χ0v) is 15.0. The molecule has 2 heteroatoms. The maximum atomic E-state index is 5.26. The highest BCUT2D eigenvalue weighted by Gasteiger charge is 2.08. The van der Waals surface area contributed by atoms with Crippen molar-refractivity contribution < 1.29 is 4.74 Å². The molecule has 0 spiro atoms. The summed E-state index contributed by atoms with van der Waals surface area (Å²) < 4.78 is 7.54. The van der Waals surface area contributed by atoms with Gasteiger partial charge in [0, 0.05) is 18.1 Å². The van der Waals surface area contributed by atoms with E-state index in [4.69, 9.17) is 4.74 Å². The molecule has 0 unspecified atom stereocenters. The zero-order chi connectivity index (χ0) is 16.5. The second-order valence-corrected chi connectivity index (χ2v) is 6.33. The first-order valence-corrected chi connectivity index (χ1v) is 9.12. The van der Waals surface area contributed by atoms with Crippen molar-refractivity contribution >= 4 is 0 Å². The third-order valence-electron chi connectivity index (χ3n) is 4.47. The Morgan fingerprint density at radius 3 is 1.74 bits per heavy atom. The third-order valence-corrected chi connectivity index (χ3v) is 4.47. The monoisotopic (exact) mass is 313 g/mol. The van der Waals surface area contributed by atoms with Gasteiger partial charge < -0.3 is 9.30 Å². The summed E-state index contributed by atoms with van der Waals surface area (Å²) in [6.45, 7) is 4.54. The van der Waals surface area contributed by atoms with Gasteiger partial charge in [0.2, 0.25) is 0 Å². The molecule has 1 aromatic carbocycles. The first-order chi connectivity index (χ1) is 11.3. The molecule has 2 aromatic rings. The molecule has 0 amide bonds. The first kappa shape index (κ1) is 17.7. The minimum atomic E-state index is 0.909. The summed E-state index contributed by atoms with van der Waals surface area (Å²) in [5.41, 5.74) is 4.28. The van der Waals surface area contributed by atoms with Crippen LogP contribution in [0.5, 0.6) is 5.75 Å². The van der Waals surface area contributed by atoms with Crippen LogP contribution in [0.3, 0.4) is 0 Å². The number of methoxy groups -OCH3 is 1. The Bertz CT molecular complexity index is 541. The van der Waals surface area contributed by atoms with E-state index in [0.29, 0.717) is 0 Å². The fraction of sp³-hybridized carbons (Fsp3) is 0.524. The Balaban J connectivity index is 2.16. The number of aromatic nitrogens is 1. The van der Waals surface area contributed by atoms with Gasteiger partial charge in [0.05, 0.1) is 7.11 Å². The fourth-order valence-electron chi connectivity index (χ4n) is 3.02. The number of ether oxygens (including phenoxy) is 1. The average Bonchev–Trinajstić information content (AvgIpc) is 2.99. The molecule has 0 aliphatic carbocycles. The topological polar surface area (TPSA) is 14.2 Å². The van der Waals surface area contributed by atoms with Gasteiger partial charge >= 0.3 is 0 Å². The molecule has 0 aliphatic rings. The molecule has 0 radical (unpaired) electrons. The summed E-state index contributed by atoms with van der Waals surface area (Å²) in [4.78, 5) is 0. The number of rotatable bonds is 10. The highest BCUT2D eigenvalue weighted by atomic mass is 16.5. The maximum Gasteiger partial charge on any atom is 0.119 e. The quantitative estimate of drug-likeness (QED) is 0.494. The number of unbranched alkanes of at least 4 members (excludes halogenated alkanes) is 4. The number of aryl methyl sites for hydroxylation is 2. The molecule has 0 saturated heterocycles. The van der Waals surface area contributed by atoms with E-state index in [2.05, 4.69) is 42.9 Å². The van der Waals surface area contributed by atoms with Crippen molar-refractivity contribution in [1.82, 2.24) is 4.57 Å². The van der Waals surface area contributed by atoms with E-state index in [0.717, 1.165) is 5.75 Å². The predicted molar refractivity (Wildman–Crippen MR) is 98.8 cm³/mol. The highest BCUT2D eigenvalue weighted by Crippen LogP contribution is 2.22. The molecule has 0 atom stereocenters. The van der Waals surface area contributed by atoms with E-state index < -0.39 is 0 Å². The second-order valence-electron chi connectivity index (χ2n) is 6.33. The molecule has 0 bridgehead atoms. The molecule has 0 saturated carbocycles. The van der Waals surface area contributed by atoms with Crippen molar-refractivity contribution in [3.05, 3.63) is 47.8 Å². The van der Waals surface area contributed by atoms with Crippen LogP contribution in [-0.4, -0.2) is 11.7 Å². The minimum Gasteiger partial charge on any atom is -0.497 e. The molecule has 126 valence electrons. The maximum absolute atomic E-state index is 5.26. The van der Waals surface area contributed by atoms with E-state index in [9.17, 15) is 0 Å². The Morgan fingerprint density at radius 2 is 1.30 bits per heavy atom. The average molecular weight is 313 g/mol. The predicted octanol–water partition coefficient (Wildman–Crippen LogP) is 5.95. The van der Waals surface area contributed by atoms with Crippen molar-refractivity contribution in [2.24, 2.45) is 0 Å². The fourth-order valence-corrected chi connectivity index (χ4v) is 3.02. The van der Waals surface area contributed by atoms with Gasteiger partial charge in [-0.3, -0.25) is 0 Å². The zero-order valence-electron chi connectivity index (χ0n) is 15.0. The molecule has 1 aromatic heterocycles. The van der Waals surface area contributed by atoms with Crippen molar-refractivity contribution in [3.63, 3.8) is 0 Å². The Kier molecular flexibility index (Phi) is 7.25. The van der Waals surface area contributed by atoms with Crippen LogP contribution in [0.15, 0.2) is 36.7 Å². The van der Waals surface area contributed by atoms with Crippen LogP contribution in [0.4, 0.5) is 0 Å². The molecule has 0 aliphatic heterocycles. The Labute approximate surface area is 141 Å². The lowest BCUT2D eigenvalue weighted by Gasteiger charge is -2.04. The van der Waals surface area contributed by atoms with E-state index in [-0.39, 0.29) is 0 Å². The van der Waals surface area contributed by atoms with Gasteiger partial charge in [-0.05, 0) is 61.1 Å². The number of hydrogen-bond donors (Lipinski definition) is 0. The van der Waals surface area contributed by atoms with Crippen molar-refractivity contribution in [2.75, 3.05) is 7.11 Å². The Hall–Kier alpha value is -1.70. The van der Waals surface area contributed by atoms with Gasteiger partial charge in [0.15, 0.2) is 0 Å². The summed E-state index contributed by atoms with van der Waals surface area (Å²) in [5, 5.41) is 0. The standard InChI is InChI=1S/C21H31NO/c1-4-6-8-10-18-16-22(17-19(18)11-9-7-5-2)20-12-14-21(23-3)15-13-20/h12-17H,4-11H2,1-3H3. The lowest BCUT2D eigenvalue weighted by molar-refractivity contribution is 0.415. The van der Waals surface area contributed by atoms with Crippen LogP contribution in [0.2, 0.25) is 0 Å². The van der Waals surface area contributed by atoms with E-state index in [1.54, 1.807) is 7.11 Å². The summed E-state index contributed by atoms with van der Waals surface area (Å²) in [7, 11) is 1.71. The van der Waals surface area contributed by atoms with Crippen LogP contribution in [-0.2, 0) is 12.8 Å². The van der Waals surface area contributed by atoms with Crippen molar-refractivity contribution in [3.8, 4) is 11.4 Å². The van der Waals surface area contributed by atoms with E-state index >= 15 is 0 Å². The van der Waals surface area contributed by atoms with E-state index in [1.165, 1.54) is 68.2 Å². The molecule has 2 nitrogen and oxygen atoms in total. The SMILES string of the molecule is CCCCCc1cn(-c2ccc(OC)cc2)cc1CCCCC. The largest absolute Gasteiger partial charge is 0.497 e. The van der Waals surface area contributed by atoms with Crippen molar-refractivity contribution in [1.29, 1.82) is 0 Å². The van der Waals surface area contributed by atoms with Crippen LogP contribution in [0.1, 0.15) is 63.5 Å². The number of nitrogens with zero attached hydrogens (tertiary/aromatic N) is 1. The summed E-state index contributed by atoms with van der Waals surface area (Å²) in [5.74, 6) is 0.909. The smallest absolute Gasteiger partial charge is 0.119 e. The van der Waals surface area contributed by atoms with Gasteiger partial charge in [-0.25, -0.2) is 0 Å². The summed E-state index contributed by atoms with van der Waals surface area (Å²) in [6, 6.07) is 8.32. The molecular formula is C21H31NO. The molecule has 23 heavy (non-hydrogen) atoms. The normalized spacial score (nSPS) is 10.9. The molecule has 1 heterocycles. The van der Waals surface area contributed by atoms with Gasteiger partial charge in [0.1, 0.15) is 5.75 Å². The van der Waals surface area contributed by atoms with Gasteiger partial charge in [-0.1, -0.05) is 39.5 Å². The van der Waals surface area contributed by atoms with Gasteiger partial charge in [-0.2, -0.15) is 0 Å². The minimum absolute atomic E-state index is 0.909. The van der Waals surface area contributed by atoms with Crippen molar-refractivity contribution in [2.45, 2.75) is 65.2 Å². The van der Waals surface area contributed by atoms with Crippen LogP contribution < -0.4 is 4.74 Å². The summed E-state index contributed by atoms with van der Waals surface area (Å²) >= 11 is 0. The first-order valence-electron chi connectivity index (χ1n) is 9.12. The van der Waals surface area contributed by atoms with Crippen LogP contribution >= 0.6 is 0 Å². The lowest BCUT2D eigenvalue weighted by Crippen LogP contribution is -1.90. The molecule has 0 fully saturated rings. The molecule has 0 N–H and O–H groups in total. The second kappa shape index (κ2) is 9.44. The Morgan fingerprint density at radius 1 is 0.783 bits per heavy atom. The van der Waals surface area contributed by atoms with Gasteiger partial charge in [-0.15, -0.1) is 0 Å².